The third kappa shape index (κ3) is 4.37. The van der Waals surface area contributed by atoms with E-state index in [-0.39, 0.29) is 6.09 Å². The summed E-state index contributed by atoms with van der Waals surface area (Å²) in [5.74, 6) is 0. The number of unbranched alkanes of at least 4 members (excludes halogenated alkanes) is 1. The van der Waals surface area contributed by atoms with E-state index in [1.807, 2.05) is 6.92 Å². The molecule has 1 fully saturated rings. The van der Waals surface area contributed by atoms with Gasteiger partial charge in [0.2, 0.25) is 0 Å². The van der Waals surface area contributed by atoms with Gasteiger partial charge in [-0.25, -0.2) is 4.79 Å². The molecule has 5 nitrogen and oxygen atoms in total. The van der Waals surface area contributed by atoms with E-state index in [1.54, 1.807) is 4.90 Å². The summed E-state index contributed by atoms with van der Waals surface area (Å²) in [5, 5.41) is 0. The maximum atomic E-state index is 11.4. The highest BCUT2D eigenvalue weighted by Gasteiger charge is 2.21. The Hall–Kier alpha value is -0.810. The van der Waals surface area contributed by atoms with E-state index < -0.39 is 0 Å². The van der Waals surface area contributed by atoms with Gasteiger partial charge >= 0.3 is 6.09 Å². The molecule has 0 saturated carbocycles. The minimum Gasteiger partial charge on any atom is -0.450 e. The first-order valence-electron chi connectivity index (χ1n) is 6.12. The number of rotatable bonds is 5. The smallest absolute Gasteiger partial charge is 0.409 e. The van der Waals surface area contributed by atoms with Gasteiger partial charge in [0.25, 0.3) is 0 Å². The lowest BCUT2D eigenvalue weighted by molar-refractivity contribution is 0.0793. The molecule has 0 aromatic carbocycles. The Labute approximate surface area is 97.5 Å². The van der Waals surface area contributed by atoms with Crippen LogP contribution in [0.25, 0.3) is 0 Å². The molecule has 5 heteroatoms. The van der Waals surface area contributed by atoms with Crippen LogP contribution in [0.5, 0.6) is 0 Å². The van der Waals surface area contributed by atoms with Crippen molar-refractivity contribution in [3.8, 4) is 0 Å². The molecule has 0 radical (unpaired) electrons. The van der Waals surface area contributed by atoms with E-state index >= 15 is 0 Å². The second-order valence-electron chi connectivity index (χ2n) is 4.02. The van der Waals surface area contributed by atoms with E-state index in [1.165, 1.54) is 0 Å². The van der Waals surface area contributed by atoms with E-state index in [0.717, 1.165) is 52.1 Å². The van der Waals surface area contributed by atoms with E-state index in [4.69, 9.17) is 10.5 Å². The normalized spacial score (nSPS) is 17.5. The molecular formula is C11H23N3O2. The first-order chi connectivity index (χ1) is 7.77. The highest BCUT2D eigenvalue weighted by atomic mass is 16.6. The SMILES string of the molecule is CCOC(=O)N1CCN(CCCCN)CC1. The second-order valence-corrected chi connectivity index (χ2v) is 4.02. The predicted molar refractivity (Wildman–Crippen MR) is 63.3 cm³/mol. The average molecular weight is 229 g/mol. The van der Waals surface area contributed by atoms with Crippen LogP contribution < -0.4 is 5.73 Å². The Morgan fingerprint density at radius 3 is 2.50 bits per heavy atom. The van der Waals surface area contributed by atoms with Crippen molar-refractivity contribution in [1.29, 1.82) is 0 Å². The topological polar surface area (TPSA) is 58.8 Å². The molecule has 0 atom stereocenters. The van der Waals surface area contributed by atoms with Crippen LogP contribution in [0.3, 0.4) is 0 Å². The van der Waals surface area contributed by atoms with E-state index in [9.17, 15) is 4.79 Å². The molecule has 0 unspecified atom stereocenters. The van der Waals surface area contributed by atoms with Crippen molar-refractivity contribution in [1.82, 2.24) is 9.80 Å². The van der Waals surface area contributed by atoms with Crippen LogP contribution in [0, 0.1) is 0 Å². The maximum Gasteiger partial charge on any atom is 0.409 e. The Morgan fingerprint density at radius 1 is 1.25 bits per heavy atom. The van der Waals surface area contributed by atoms with Crippen molar-refractivity contribution in [2.24, 2.45) is 5.73 Å². The number of amides is 1. The summed E-state index contributed by atoms with van der Waals surface area (Å²) in [6, 6.07) is 0. The lowest BCUT2D eigenvalue weighted by Gasteiger charge is -2.33. The number of nitrogens with two attached hydrogens (primary N) is 1. The van der Waals surface area contributed by atoms with Gasteiger partial charge in [-0.15, -0.1) is 0 Å². The Morgan fingerprint density at radius 2 is 1.94 bits per heavy atom. The lowest BCUT2D eigenvalue weighted by atomic mass is 10.2. The van der Waals surface area contributed by atoms with Crippen LogP contribution in [0.1, 0.15) is 19.8 Å². The van der Waals surface area contributed by atoms with E-state index in [0.29, 0.717) is 6.61 Å². The lowest BCUT2D eigenvalue weighted by Crippen LogP contribution is -2.49. The fourth-order valence-electron chi connectivity index (χ4n) is 1.85. The molecule has 16 heavy (non-hydrogen) atoms. The minimum atomic E-state index is -0.177. The first kappa shape index (κ1) is 13.3. The van der Waals surface area contributed by atoms with Gasteiger partial charge in [0.05, 0.1) is 6.61 Å². The number of hydrogen-bond donors (Lipinski definition) is 1. The molecule has 0 aromatic rings. The van der Waals surface area contributed by atoms with Gasteiger partial charge in [-0.1, -0.05) is 0 Å². The van der Waals surface area contributed by atoms with Crippen LogP contribution in [0.4, 0.5) is 4.79 Å². The highest BCUT2D eigenvalue weighted by Crippen LogP contribution is 2.04. The standard InChI is InChI=1S/C11H23N3O2/c1-2-16-11(15)14-9-7-13(8-10-14)6-4-3-5-12/h2-10,12H2,1H3. The summed E-state index contributed by atoms with van der Waals surface area (Å²) in [6.45, 7) is 7.60. The number of ether oxygens (including phenoxy) is 1. The minimum absolute atomic E-state index is 0.177. The molecule has 94 valence electrons. The molecule has 0 spiro atoms. The third-order valence-corrected chi connectivity index (χ3v) is 2.83. The number of carbonyl (C=O) groups is 1. The first-order valence-corrected chi connectivity index (χ1v) is 6.12. The van der Waals surface area contributed by atoms with Crippen molar-refractivity contribution in [3.63, 3.8) is 0 Å². The molecule has 1 aliphatic heterocycles. The summed E-state index contributed by atoms with van der Waals surface area (Å²) >= 11 is 0. The molecule has 0 aromatic heterocycles. The summed E-state index contributed by atoms with van der Waals surface area (Å²) in [6.07, 6.45) is 2.05. The largest absolute Gasteiger partial charge is 0.450 e. The van der Waals surface area contributed by atoms with Crippen LogP contribution in [0.15, 0.2) is 0 Å². The van der Waals surface area contributed by atoms with Crippen molar-refractivity contribution < 1.29 is 9.53 Å². The molecule has 1 aliphatic rings. The molecule has 1 saturated heterocycles. The zero-order valence-corrected chi connectivity index (χ0v) is 10.2. The molecule has 1 heterocycles. The average Bonchev–Trinajstić information content (AvgIpc) is 2.30. The van der Waals surface area contributed by atoms with Gasteiger partial charge in [-0.05, 0) is 32.9 Å². The van der Waals surface area contributed by atoms with Crippen LogP contribution >= 0.6 is 0 Å². The summed E-state index contributed by atoms with van der Waals surface area (Å²) < 4.78 is 4.97. The van der Waals surface area contributed by atoms with Crippen LogP contribution in [0.2, 0.25) is 0 Å². The zero-order valence-electron chi connectivity index (χ0n) is 10.2. The summed E-state index contributed by atoms with van der Waals surface area (Å²) in [5.41, 5.74) is 5.45. The highest BCUT2D eigenvalue weighted by molar-refractivity contribution is 5.67. The quantitative estimate of drug-likeness (QED) is 0.697. The summed E-state index contributed by atoms with van der Waals surface area (Å²) in [4.78, 5) is 15.6. The predicted octanol–water partition coefficient (Wildman–Crippen LogP) is 0.499. The molecule has 0 bridgehead atoms. The monoisotopic (exact) mass is 229 g/mol. The third-order valence-electron chi connectivity index (χ3n) is 2.83. The fraction of sp³-hybridized carbons (Fsp3) is 0.909. The number of nitrogens with zero attached hydrogens (tertiary/aromatic N) is 2. The maximum absolute atomic E-state index is 11.4. The Kier molecular flexibility index (Phi) is 6.18. The number of piperazine rings is 1. The number of hydrogen-bond acceptors (Lipinski definition) is 4. The zero-order chi connectivity index (χ0) is 11.8. The molecule has 2 N–H and O–H groups in total. The van der Waals surface area contributed by atoms with Crippen molar-refractivity contribution >= 4 is 6.09 Å². The molecule has 0 aliphatic carbocycles. The van der Waals surface area contributed by atoms with Gasteiger partial charge in [0.1, 0.15) is 0 Å². The van der Waals surface area contributed by atoms with Gasteiger partial charge in [-0.3, -0.25) is 4.90 Å². The number of carbonyl (C=O) groups excluding carboxylic acids is 1. The van der Waals surface area contributed by atoms with Gasteiger partial charge in [0, 0.05) is 26.2 Å². The Bertz CT molecular complexity index is 203. The molecular weight excluding hydrogens is 206 g/mol. The van der Waals surface area contributed by atoms with Crippen molar-refractivity contribution in [2.45, 2.75) is 19.8 Å². The van der Waals surface area contributed by atoms with Crippen LogP contribution in [-0.4, -0.2) is 61.8 Å². The Balaban J connectivity index is 2.15. The molecule has 1 rings (SSSR count). The summed E-state index contributed by atoms with van der Waals surface area (Å²) in [7, 11) is 0. The second kappa shape index (κ2) is 7.46. The van der Waals surface area contributed by atoms with Crippen molar-refractivity contribution in [2.75, 3.05) is 45.9 Å². The molecule has 1 amide bonds. The fourth-order valence-corrected chi connectivity index (χ4v) is 1.85. The van der Waals surface area contributed by atoms with Crippen LogP contribution in [-0.2, 0) is 4.74 Å². The van der Waals surface area contributed by atoms with Gasteiger partial charge < -0.3 is 15.4 Å². The van der Waals surface area contributed by atoms with E-state index in [2.05, 4.69) is 4.90 Å². The van der Waals surface area contributed by atoms with Gasteiger partial charge in [-0.2, -0.15) is 0 Å². The van der Waals surface area contributed by atoms with Gasteiger partial charge in [0.15, 0.2) is 0 Å². The van der Waals surface area contributed by atoms with Crippen molar-refractivity contribution in [3.05, 3.63) is 0 Å².